The fourth-order valence-corrected chi connectivity index (χ4v) is 2.23. The predicted molar refractivity (Wildman–Crippen MR) is 79.6 cm³/mol. The van der Waals surface area contributed by atoms with Crippen LogP contribution in [0.5, 0.6) is 0 Å². The average molecular weight is 354 g/mol. The van der Waals surface area contributed by atoms with Crippen LogP contribution in [0.1, 0.15) is 11.6 Å². The highest BCUT2D eigenvalue weighted by Gasteiger charge is 2.19. The second-order valence-electron chi connectivity index (χ2n) is 4.34. The predicted octanol–water partition coefficient (Wildman–Crippen LogP) is 1.73. The molecule has 0 aliphatic carbocycles. The topological polar surface area (TPSA) is 116 Å². The molecule has 0 aliphatic heterocycles. The molecule has 1 unspecified atom stereocenters. The van der Waals surface area contributed by atoms with E-state index in [0.29, 0.717) is 11.3 Å². The molecule has 8 nitrogen and oxygen atoms in total. The standard InChI is InChI=1S/C12H12BrN5O3/c1-17-6-7(5-15-17)11(14)12(19)16-8-2-3-10(18(20)21)9(13)4-8/h2-6,11H,14H2,1H3,(H,16,19). The number of halogens is 1. The minimum atomic E-state index is -0.868. The highest BCUT2D eigenvalue weighted by molar-refractivity contribution is 9.10. The van der Waals surface area contributed by atoms with Gasteiger partial charge in [-0.05, 0) is 28.1 Å². The molecule has 21 heavy (non-hydrogen) atoms. The van der Waals surface area contributed by atoms with Crippen molar-refractivity contribution in [2.24, 2.45) is 12.8 Å². The number of carbonyl (C=O) groups excluding carboxylic acids is 1. The minimum Gasteiger partial charge on any atom is -0.324 e. The van der Waals surface area contributed by atoms with E-state index in [2.05, 4.69) is 26.3 Å². The van der Waals surface area contributed by atoms with Gasteiger partial charge < -0.3 is 11.1 Å². The second-order valence-corrected chi connectivity index (χ2v) is 5.19. The smallest absolute Gasteiger partial charge is 0.283 e. The molecule has 110 valence electrons. The van der Waals surface area contributed by atoms with Gasteiger partial charge >= 0.3 is 0 Å². The molecule has 2 aromatic rings. The first kappa shape index (κ1) is 15.1. The maximum Gasteiger partial charge on any atom is 0.283 e. The van der Waals surface area contributed by atoms with Gasteiger partial charge in [0, 0.05) is 30.6 Å². The first-order valence-corrected chi connectivity index (χ1v) is 6.66. The van der Waals surface area contributed by atoms with E-state index in [1.54, 1.807) is 17.9 Å². The van der Waals surface area contributed by atoms with E-state index in [0.717, 1.165) is 0 Å². The van der Waals surface area contributed by atoms with Crippen LogP contribution in [0.4, 0.5) is 11.4 Å². The van der Waals surface area contributed by atoms with E-state index < -0.39 is 16.9 Å². The van der Waals surface area contributed by atoms with Crippen LogP contribution in [0.15, 0.2) is 35.1 Å². The number of benzene rings is 1. The molecule has 0 fully saturated rings. The SMILES string of the molecule is Cn1cc(C(N)C(=O)Nc2ccc([N+](=O)[O-])c(Br)c2)cn1. The zero-order valence-corrected chi connectivity index (χ0v) is 12.6. The van der Waals surface area contributed by atoms with E-state index in [-0.39, 0.29) is 10.2 Å². The van der Waals surface area contributed by atoms with Crippen LogP contribution in [-0.2, 0) is 11.8 Å². The summed E-state index contributed by atoms with van der Waals surface area (Å²) in [5, 5.41) is 17.3. The number of rotatable bonds is 4. The number of amides is 1. The van der Waals surface area contributed by atoms with Crippen LogP contribution in [0.3, 0.4) is 0 Å². The summed E-state index contributed by atoms with van der Waals surface area (Å²) in [4.78, 5) is 22.2. The van der Waals surface area contributed by atoms with Gasteiger partial charge in [0.1, 0.15) is 6.04 Å². The summed E-state index contributed by atoms with van der Waals surface area (Å²) in [6, 6.07) is 3.32. The Bertz CT molecular complexity index is 700. The molecule has 2 rings (SSSR count). The Balaban J connectivity index is 2.12. The minimum absolute atomic E-state index is 0.0791. The lowest BCUT2D eigenvalue weighted by Crippen LogP contribution is -2.27. The van der Waals surface area contributed by atoms with Crippen molar-refractivity contribution < 1.29 is 9.72 Å². The molecule has 1 aromatic heterocycles. The van der Waals surface area contributed by atoms with E-state index >= 15 is 0 Å². The van der Waals surface area contributed by atoms with Gasteiger partial charge in [0.15, 0.2) is 0 Å². The van der Waals surface area contributed by atoms with Crippen molar-refractivity contribution in [2.75, 3.05) is 5.32 Å². The second kappa shape index (κ2) is 6.02. The number of nitro benzene ring substituents is 1. The van der Waals surface area contributed by atoms with E-state index in [4.69, 9.17) is 5.73 Å². The Morgan fingerprint density at radius 2 is 2.29 bits per heavy atom. The van der Waals surface area contributed by atoms with Crippen LogP contribution in [0, 0.1) is 10.1 Å². The Kier molecular flexibility index (Phi) is 4.34. The number of nitrogens with zero attached hydrogens (tertiary/aromatic N) is 3. The molecule has 1 heterocycles. The largest absolute Gasteiger partial charge is 0.324 e. The first-order valence-electron chi connectivity index (χ1n) is 5.87. The zero-order chi connectivity index (χ0) is 15.6. The van der Waals surface area contributed by atoms with Crippen molar-refractivity contribution in [1.29, 1.82) is 0 Å². The van der Waals surface area contributed by atoms with E-state index in [9.17, 15) is 14.9 Å². The molecule has 1 aromatic carbocycles. The van der Waals surface area contributed by atoms with Gasteiger partial charge in [-0.3, -0.25) is 19.6 Å². The van der Waals surface area contributed by atoms with Crippen LogP contribution in [0.2, 0.25) is 0 Å². The summed E-state index contributed by atoms with van der Waals surface area (Å²) in [5.74, 6) is -0.427. The number of hydrogen-bond acceptors (Lipinski definition) is 5. The quantitative estimate of drug-likeness (QED) is 0.641. The lowest BCUT2D eigenvalue weighted by atomic mass is 10.1. The molecular formula is C12H12BrN5O3. The van der Waals surface area contributed by atoms with Crippen molar-refractivity contribution in [3.8, 4) is 0 Å². The normalized spacial score (nSPS) is 12.0. The van der Waals surface area contributed by atoms with Gasteiger partial charge in [0.05, 0.1) is 15.6 Å². The van der Waals surface area contributed by atoms with Gasteiger partial charge in [-0.2, -0.15) is 5.10 Å². The Morgan fingerprint density at radius 3 is 2.81 bits per heavy atom. The summed E-state index contributed by atoms with van der Waals surface area (Å²) >= 11 is 3.09. The monoisotopic (exact) mass is 353 g/mol. The summed E-state index contributed by atoms with van der Waals surface area (Å²) in [7, 11) is 1.72. The molecule has 0 aliphatic rings. The van der Waals surface area contributed by atoms with Crippen LogP contribution < -0.4 is 11.1 Å². The summed E-state index contributed by atoms with van der Waals surface area (Å²) in [6.45, 7) is 0. The molecule has 0 bridgehead atoms. The van der Waals surface area contributed by atoms with Crippen molar-refractivity contribution in [1.82, 2.24) is 9.78 Å². The highest BCUT2D eigenvalue weighted by atomic mass is 79.9. The number of nitro groups is 1. The zero-order valence-electron chi connectivity index (χ0n) is 11.0. The highest BCUT2D eigenvalue weighted by Crippen LogP contribution is 2.28. The molecule has 1 amide bonds. The number of carbonyl (C=O) groups is 1. The molecule has 0 spiro atoms. The van der Waals surface area contributed by atoms with Crippen molar-refractivity contribution in [3.05, 3.63) is 50.7 Å². The number of aromatic nitrogens is 2. The molecule has 0 saturated heterocycles. The fourth-order valence-electron chi connectivity index (χ4n) is 1.70. The van der Waals surface area contributed by atoms with Gasteiger partial charge in [-0.15, -0.1) is 0 Å². The summed E-state index contributed by atoms with van der Waals surface area (Å²) < 4.78 is 1.82. The van der Waals surface area contributed by atoms with Crippen molar-refractivity contribution in [3.63, 3.8) is 0 Å². The van der Waals surface area contributed by atoms with Crippen LogP contribution >= 0.6 is 15.9 Å². The summed E-state index contributed by atoms with van der Waals surface area (Å²) in [5.41, 5.74) is 6.74. The lowest BCUT2D eigenvalue weighted by Gasteiger charge is -2.10. The Hall–Kier alpha value is -2.26. The third-order valence-electron chi connectivity index (χ3n) is 2.78. The van der Waals surface area contributed by atoms with Crippen molar-refractivity contribution >= 4 is 33.2 Å². The van der Waals surface area contributed by atoms with Gasteiger partial charge in [0.2, 0.25) is 5.91 Å². The number of aryl methyl sites for hydroxylation is 1. The number of nitrogens with one attached hydrogen (secondary N) is 1. The molecule has 0 radical (unpaired) electrons. The van der Waals surface area contributed by atoms with Crippen LogP contribution in [0.25, 0.3) is 0 Å². The molecule has 3 N–H and O–H groups in total. The Labute approximate surface area is 128 Å². The van der Waals surface area contributed by atoms with Gasteiger partial charge in [0.25, 0.3) is 5.69 Å². The maximum absolute atomic E-state index is 12.0. The van der Waals surface area contributed by atoms with E-state index in [1.807, 2.05) is 0 Å². The number of anilines is 1. The number of hydrogen-bond donors (Lipinski definition) is 2. The average Bonchev–Trinajstić information content (AvgIpc) is 2.84. The molecule has 1 atom stereocenters. The molecule has 9 heteroatoms. The van der Waals surface area contributed by atoms with Crippen LogP contribution in [-0.4, -0.2) is 20.6 Å². The first-order chi connectivity index (χ1) is 9.88. The third-order valence-corrected chi connectivity index (χ3v) is 3.41. The maximum atomic E-state index is 12.0. The van der Waals surface area contributed by atoms with Gasteiger partial charge in [-0.25, -0.2) is 0 Å². The van der Waals surface area contributed by atoms with Crippen molar-refractivity contribution in [2.45, 2.75) is 6.04 Å². The lowest BCUT2D eigenvalue weighted by molar-refractivity contribution is -0.385. The summed E-state index contributed by atoms with van der Waals surface area (Å²) in [6.07, 6.45) is 3.16. The fraction of sp³-hybridized carbons (Fsp3) is 0.167. The molecule has 0 saturated carbocycles. The molecular weight excluding hydrogens is 342 g/mol. The van der Waals surface area contributed by atoms with Gasteiger partial charge in [-0.1, -0.05) is 0 Å². The number of nitrogens with two attached hydrogens (primary N) is 1. The third kappa shape index (κ3) is 3.44. The van der Waals surface area contributed by atoms with E-state index in [1.165, 1.54) is 24.4 Å². The Morgan fingerprint density at radius 1 is 1.57 bits per heavy atom.